The predicted octanol–water partition coefficient (Wildman–Crippen LogP) is 1.75. The molecular formula is C15H25N5O. The van der Waals surface area contributed by atoms with E-state index in [2.05, 4.69) is 20.6 Å². The first-order valence-corrected chi connectivity index (χ1v) is 7.86. The van der Waals surface area contributed by atoms with Gasteiger partial charge in [-0.05, 0) is 45.2 Å². The molecule has 1 aromatic heterocycles. The summed E-state index contributed by atoms with van der Waals surface area (Å²) in [5.74, 6) is 2.15. The summed E-state index contributed by atoms with van der Waals surface area (Å²) < 4.78 is 1.85. The molecule has 3 atom stereocenters. The molecule has 2 aliphatic carbocycles. The molecule has 21 heavy (non-hydrogen) atoms. The zero-order valence-corrected chi connectivity index (χ0v) is 12.9. The lowest BCUT2D eigenvalue weighted by Crippen LogP contribution is -2.41. The quantitative estimate of drug-likeness (QED) is 0.869. The first-order valence-electron chi connectivity index (χ1n) is 7.86. The van der Waals surface area contributed by atoms with E-state index in [0.717, 1.165) is 25.4 Å². The molecule has 2 amide bonds. The third-order valence-corrected chi connectivity index (χ3v) is 4.71. The van der Waals surface area contributed by atoms with E-state index in [4.69, 9.17) is 0 Å². The lowest BCUT2D eigenvalue weighted by atomic mass is 9.95. The fourth-order valence-electron chi connectivity index (χ4n) is 3.60. The van der Waals surface area contributed by atoms with Crippen LogP contribution in [0.1, 0.15) is 25.7 Å². The summed E-state index contributed by atoms with van der Waals surface area (Å²) in [4.78, 5) is 14.1. The highest BCUT2D eigenvalue weighted by Crippen LogP contribution is 2.44. The van der Waals surface area contributed by atoms with Gasteiger partial charge in [-0.25, -0.2) is 4.79 Å². The third kappa shape index (κ3) is 3.56. The number of rotatable bonds is 5. The van der Waals surface area contributed by atoms with Crippen molar-refractivity contribution in [1.82, 2.24) is 20.0 Å². The number of carbonyl (C=O) groups is 1. The number of nitrogens with one attached hydrogen (secondary N) is 2. The summed E-state index contributed by atoms with van der Waals surface area (Å²) in [7, 11) is 4.07. The summed E-state index contributed by atoms with van der Waals surface area (Å²) >= 11 is 0. The molecule has 2 bridgehead atoms. The van der Waals surface area contributed by atoms with E-state index in [1.807, 2.05) is 31.0 Å². The molecule has 6 nitrogen and oxygen atoms in total. The van der Waals surface area contributed by atoms with E-state index in [0.29, 0.717) is 17.8 Å². The number of amides is 2. The van der Waals surface area contributed by atoms with Crippen LogP contribution in [0, 0.1) is 11.8 Å². The topological polar surface area (TPSA) is 62.2 Å². The highest BCUT2D eigenvalue weighted by Gasteiger charge is 2.40. The minimum absolute atomic E-state index is 0.120. The molecule has 2 aliphatic rings. The first-order chi connectivity index (χ1) is 10.1. The smallest absolute Gasteiger partial charge is 0.320 e. The number of nitrogens with zero attached hydrogens (tertiary/aromatic N) is 3. The van der Waals surface area contributed by atoms with Crippen LogP contribution in [0.4, 0.5) is 10.6 Å². The largest absolute Gasteiger partial charge is 0.335 e. The zero-order chi connectivity index (χ0) is 14.8. The molecule has 0 unspecified atom stereocenters. The number of urea groups is 1. The van der Waals surface area contributed by atoms with Crippen molar-refractivity contribution in [3.63, 3.8) is 0 Å². The number of fused-ring (bicyclic) bond motifs is 2. The van der Waals surface area contributed by atoms with Crippen molar-refractivity contribution in [2.75, 3.05) is 26.0 Å². The third-order valence-electron chi connectivity index (χ3n) is 4.71. The van der Waals surface area contributed by atoms with Gasteiger partial charge in [0.15, 0.2) is 5.82 Å². The Morgan fingerprint density at radius 1 is 1.43 bits per heavy atom. The van der Waals surface area contributed by atoms with Crippen LogP contribution in [0.3, 0.4) is 0 Å². The standard InChI is InChI=1S/C15H25N5O/c1-19(2)7-8-20-6-5-14(18-20)17-15(21)16-13-10-11-3-4-12(13)9-11/h5-6,11-13H,3-4,7-10H2,1-2H3,(H2,16,17,18,21)/t11-,12-,13-/m0/s1. The number of anilines is 1. The number of likely N-dealkylation sites (N-methyl/N-ethyl adjacent to an activating group) is 1. The van der Waals surface area contributed by atoms with Crippen LogP contribution in [0.2, 0.25) is 0 Å². The lowest BCUT2D eigenvalue weighted by molar-refractivity contribution is 0.242. The molecule has 1 aromatic rings. The second kappa shape index (κ2) is 6.05. The molecule has 0 aliphatic heterocycles. The van der Waals surface area contributed by atoms with Crippen molar-refractivity contribution < 1.29 is 4.79 Å². The molecule has 6 heteroatoms. The van der Waals surface area contributed by atoms with Gasteiger partial charge in [0.05, 0.1) is 6.54 Å². The van der Waals surface area contributed by atoms with Crippen LogP contribution in [-0.2, 0) is 6.54 Å². The highest BCUT2D eigenvalue weighted by molar-refractivity contribution is 5.88. The van der Waals surface area contributed by atoms with Crippen LogP contribution in [0.15, 0.2) is 12.3 Å². The molecule has 2 N–H and O–H groups in total. The fraction of sp³-hybridized carbons (Fsp3) is 0.733. The van der Waals surface area contributed by atoms with E-state index < -0.39 is 0 Å². The van der Waals surface area contributed by atoms with Crippen LogP contribution in [0.5, 0.6) is 0 Å². The Labute approximate surface area is 125 Å². The SMILES string of the molecule is CN(C)CCn1ccc(NC(=O)N[C@H]2C[C@H]3CC[C@H]2C3)n1. The van der Waals surface area contributed by atoms with Crippen molar-refractivity contribution in [1.29, 1.82) is 0 Å². The van der Waals surface area contributed by atoms with E-state index >= 15 is 0 Å². The average Bonchev–Trinajstić information content (AvgIpc) is 3.12. The normalized spacial score (nSPS) is 27.3. The van der Waals surface area contributed by atoms with Crippen LogP contribution < -0.4 is 10.6 Å². The summed E-state index contributed by atoms with van der Waals surface area (Å²) in [5.41, 5.74) is 0. The molecule has 2 fully saturated rings. The van der Waals surface area contributed by atoms with Crippen molar-refractivity contribution in [2.24, 2.45) is 11.8 Å². The second-order valence-electron chi connectivity index (χ2n) is 6.65. The van der Waals surface area contributed by atoms with Gasteiger partial charge in [-0.3, -0.25) is 10.00 Å². The number of aromatic nitrogens is 2. The molecule has 0 radical (unpaired) electrons. The number of hydrogen-bond acceptors (Lipinski definition) is 3. The van der Waals surface area contributed by atoms with Gasteiger partial charge in [0.2, 0.25) is 0 Å². The Morgan fingerprint density at radius 2 is 2.29 bits per heavy atom. The Hall–Kier alpha value is -1.56. The van der Waals surface area contributed by atoms with Gasteiger partial charge < -0.3 is 10.2 Å². The van der Waals surface area contributed by atoms with Crippen LogP contribution >= 0.6 is 0 Å². The summed E-state index contributed by atoms with van der Waals surface area (Å²) in [5, 5.41) is 10.3. The maximum atomic E-state index is 12.0. The van der Waals surface area contributed by atoms with Gasteiger partial charge in [0.1, 0.15) is 0 Å². The Bertz CT molecular complexity index is 498. The molecule has 0 aromatic carbocycles. The summed E-state index contributed by atoms with van der Waals surface area (Å²) in [6, 6.07) is 2.08. The summed E-state index contributed by atoms with van der Waals surface area (Å²) in [6.45, 7) is 1.75. The molecule has 3 rings (SSSR count). The highest BCUT2D eigenvalue weighted by atomic mass is 16.2. The number of hydrogen-bond donors (Lipinski definition) is 2. The van der Waals surface area contributed by atoms with Crippen molar-refractivity contribution in [3.8, 4) is 0 Å². The minimum Gasteiger partial charge on any atom is -0.335 e. The Balaban J connectivity index is 1.46. The van der Waals surface area contributed by atoms with Crippen LogP contribution in [0.25, 0.3) is 0 Å². The molecule has 1 heterocycles. The van der Waals surface area contributed by atoms with Gasteiger partial charge in [0.25, 0.3) is 0 Å². The van der Waals surface area contributed by atoms with Gasteiger partial charge in [-0.15, -0.1) is 0 Å². The molecular weight excluding hydrogens is 266 g/mol. The Morgan fingerprint density at radius 3 is 2.95 bits per heavy atom. The number of carbonyl (C=O) groups excluding carboxylic acids is 1. The van der Waals surface area contributed by atoms with E-state index in [-0.39, 0.29) is 6.03 Å². The monoisotopic (exact) mass is 291 g/mol. The van der Waals surface area contributed by atoms with E-state index in [9.17, 15) is 4.79 Å². The molecule has 2 saturated carbocycles. The lowest BCUT2D eigenvalue weighted by Gasteiger charge is -2.22. The minimum atomic E-state index is -0.120. The average molecular weight is 291 g/mol. The van der Waals surface area contributed by atoms with E-state index in [1.54, 1.807) is 0 Å². The second-order valence-corrected chi connectivity index (χ2v) is 6.65. The maximum absolute atomic E-state index is 12.0. The maximum Gasteiger partial charge on any atom is 0.320 e. The van der Waals surface area contributed by atoms with Gasteiger partial charge >= 0.3 is 6.03 Å². The first kappa shape index (κ1) is 14.4. The van der Waals surface area contributed by atoms with E-state index in [1.165, 1.54) is 19.3 Å². The summed E-state index contributed by atoms with van der Waals surface area (Å²) in [6.07, 6.45) is 6.96. The van der Waals surface area contributed by atoms with Crippen molar-refractivity contribution >= 4 is 11.8 Å². The van der Waals surface area contributed by atoms with Crippen molar-refractivity contribution in [3.05, 3.63) is 12.3 Å². The molecule has 0 spiro atoms. The van der Waals surface area contributed by atoms with Gasteiger partial charge in [0, 0.05) is 24.8 Å². The fourth-order valence-corrected chi connectivity index (χ4v) is 3.60. The van der Waals surface area contributed by atoms with Crippen molar-refractivity contribution in [2.45, 2.75) is 38.3 Å². The predicted molar refractivity (Wildman–Crippen MR) is 82.2 cm³/mol. The molecule has 116 valence electrons. The molecule has 0 saturated heterocycles. The van der Waals surface area contributed by atoms with Crippen LogP contribution in [-0.4, -0.2) is 47.4 Å². The van der Waals surface area contributed by atoms with Gasteiger partial charge in [-0.2, -0.15) is 5.10 Å². The van der Waals surface area contributed by atoms with Gasteiger partial charge in [-0.1, -0.05) is 6.42 Å². The zero-order valence-electron chi connectivity index (χ0n) is 12.9. The Kier molecular flexibility index (Phi) is 4.14.